The van der Waals surface area contributed by atoms with Gasteiger partial charge in [0.1, 0.15) is 11.2 Å². The summed E-state index contributed by atoms with van der Waals surface area (Å²) in [5.74, 6) is 0.830. The molecule has 1 aromatic carbocycles. The number of fused-ring (bicyclic) bond motifs is 1. The highest BCUT2D eigenvalue weighted by Crippen LogP contribution is 2.62. The number of anilines is 3. The van der Waals surface area contributed by atoms with Gasteiger partial charge in [0.05, 0.1) is 5.54 Å². The Labute approximate surface area is 210 Å². The summed E-state index contributed by atoms with van der Waals surface area (Å²) in [6.45, 7) is 2.09. The lowest BCUT2D eigenvalue weighted by atomic mass is 9.49. The molecule has 3 heterocycles. The van der Waals surface area contributed by atoms with E-state index in [4.69, 9.17) is 4.98 Å². The van der Waals surface area contributed by atoms with Crippen LogP contribution in [0.25, 0.3) is 11.0 Å². The van der Waals surface area contributed by atoms with Crippen molar-refractivity contribution in [1.82, 2.24) is 24.3 Å². The molecular formula is C27H33N7O2. The van der Waals surface area contributed by atoms with Crippen LogP contribution in [0.1, 0.15) is 36.0 Å². The molecule has 3 aliphatic carbocycles. The van der Waals surface area contributed by atoms with E-state index < -0.39 is 0 Å². The first kappa shape index (κ1) is 23.0. The number of aromatic nitrogens is 3. The quantitative estimate of drug-likeness (QED) is 0.572. The molecule has 9 nitrogen and oxygen atoms in total. The lowest BCUT2D eigenvalue weighted by Crippen LogP contribution is -2.62. The molecule has 1 unspecified atom stereocenters. The number of nitrogens with zero attached hydrogens (tertiary/aromatic N) is 6. The molecule has 1 atom stereocenters. The summed E-state index contributed by atoms with van der Waals surface area (Å²) in [4.78, 5) is 41.7. The van der Waals surface area contributed by atoms with E-state index in [0.29, 0.717) is 28.9 Å². The molecule has 1 amide bonds. The number of hydrogen-bond donors (Lipinski definition) is 1. The molecule has 1 aliphatic heterocycles. The monoisotopic (exact) mass is 487 g/mol. The third-order valence-corrected chi connectivity index (χ3v) is 8.24. The van der Waals surface area contributed by atoms with Crippen LogP contribution < -0.4 is 15.8 Å². The van der Waals surface area contributed by atoms with Crippen molar-refractivity contribution in [2.24, 2.45) is 5.92 Å². The fourth-order valence-electron chi connectivity index (χ4n) is 5.98. The van der Waals surface area contributed by atoms with Gasteiger partial charge in [0, 0.05) is 56.2 Å². The van der Waals surface area contributed by atoms with Crippen LogP contribution in [0.5, 0.6) is 0 Å². The van der Waals surface area contributed by atoms with E-state index >= 15 is 0 Å². The Morgan fingerprint density at radius 3 is 2.42 bits per heavy atom. The molecule has 0 radical (unpaired) electrons. The minimum atomic E-state index is -0.292. The summed E-state index contributed by atoms with van der Waals surface area (Å²) in [5.41, 5.74) is 2.40. The van der Waals surface area contributed by atoms with Crippen LogP contribution in [0.2, 0.25) is 0 Å². The zero-order valence-corrected chi connectivity index (χ0v) is 21.4. The van der Waals surface area contributed by atoms with Crippen LogP contribution in [-0.4, -0.2) is 77.6 Å². The topological polar surface area (TPSA) is 86.6 Å². The molecule has 4 fully saturated rings. The lowest BCUT2D eigenvalue weighted by Gasteiger charge is -2.62. The third kappa shape index (κ3) is 3.64. The third-order valence-electron chi connectivity index (χ3n) is 8.24. The Morgan fingerprint density at radius 1 is 1.11 bits per heavy atom. The van der Waals surface area contributed by atoms with E-state index in [1.807, 2.05) is 12.1 Å². The Bertz CT molecular complexity index is 1380. The molecule has 7 rings (SSSR count). The van der Waals surface area contributed by atoms with Crippen LogP contribution >= 0.6 is 0 Å². The molecule has 3 saturated carbocycles. The number of likely N-dealkylation sites (N-methyl/N-ethyl adjacent to an activating group) is 1. The first-order valence-corrected chi connectivity index (χ1v) is 12.7. The maximum absolute atomic E-state index is 13.5. The van der Waals surface area contributed by atoms with Crippen molar-refractivity contribution < 1.29 is 4.79 Å². The van der Waals surface area contributed by atoms with Crippen molar-refractivity contribution in [2.75, 3.05) is 51.5 Å². The van der Waals surface area contributed by atoms with E-state index in [0.717, 1.165) is 38.0 Å². The van der Waals surface area contributed by atoms with Gasteiger partial charge in [-0.2, -0.15) is 4.98 Å². The zero-order valence-electron chi connectivity index (χ0n) is 21.4. The highest BCUT2D eigenvalue weighted by Gasteiger charge is 2.59. The zero-order chi connectivity index (χ0) is 25.2. The Morgan fingerprint density at radius 2 is 1.83 bits per heavy atom. The van der Waals surface area contributed by atoms with E-state index in [2.05, 4.69) is 46.3 Å². The number of amides is 1. The van der Waals surface area contributed by atoms with Gasteiger partial charge in [-0.15, -0.1) is 0 Å². The first-order chi connectivity index (χ1) is 17.2. The first-order valence-electron chi connectivity index (χ1n) is 12.7. The van der Waals surface area contributed by atoms with Crippen LogP contribution in [-0.2, 0) is 5.54 Å². The number of carbonyl (C=O) groups excluding carboxylic acids is 1. The number of nitrogens with one attached hydrogen (secondary N) is 1. The van der Waals surface area contributed by atoms with Crippen LogP contribution in [0.4, 0.5) is 17.3 Å². The summed E-state index contributed by atoms with van der Waals surface area (Å²) in [7, 11) is 7.60. The number of rotatable bonds is 6. The number of hydrogen-bond acceptors (Lipinski definition) is 7. The molecule has 0 spiro atoms. The van der Waals surface area contributed by atoms with Gasteiger partial charge >= 0.3 is 0 Å². The summed E-state index contributed by atoms with van der Waals surface area (Å²) < 4.78 is 1.78. The van der Waals surface area contributed by atoms with Crippen molar-refractivity contribution in [3.63, 3.8) is 0 Å². The molecule has 1 N–H and O–H groups in total. The van der Waals surface area contributed by atoms with Gasteiger partial charge in [0.25, 0.3) is 11.5 Å². The lowest BCUT2D eigenvalue weighted by molar-refractivity contribution is -0.0884. The molecule has 1 saturated heterocycles. The van der Waals surface area contributed by atoms with Crippen LogP contribution in [0.15, 0.2) is 41.3 Å². The molecule has 9 heteroatoms. The summed E-state index contributed by atoms with van der Waals surface area (Å²) in [6.07, 6.45) is 5.80. The SMILES string of the molecule is CN(C)C(=O)c1cc2cnc(Nc3ccc(N4CCC(N(C)C)C4)cc3)nc2n(C23CC(C2)C3)c1=O. The van der Waals surface area contributed by atoms with Crippen molar-refractivity contribution in [3.05, 3.63) is 52.4 Å². The Hall–Kier alpha value is -3.46. The summed E-state index contributed by atoms with van der Waals surface area (Å²) >= 11 is 0. The average molecular weight is 488 g/mol. The van der Waals surface area contributed by atoms with Gasteiger partial charge in [-0.05, 0) is 76.0 Å². The number of pyridine rings is 1. The fraction of sp³-hybridized carbons (Fsp3) is 0.481. The molecule has 2 aromatic heterocycles. The predicted octanol–water partition coefficient (Wildman–Crippen LogP) is 2.89. The van der Waals surface area contributed by atoms with Gasteiger partial charge in [-0.25, -0.2) is 4.98 Å². The highest BCUT2D eigenvalue weighted by molar-refractivity contribution is 5.96. The summed E-state index contributed by atoms with van der Waals surface area (Å²) in [6, 6.07) is 10.5. The standard InChI is InChI=1S/C27H33N7O2/c1-31(2)21-9-10-33(16-21)20-7-5-19(6-8-20)29-26-28-15-18-11-22(24(35)32(3)4)25(36)34(23(18)30-26)27-12-17(13-27)14-27/h5-8,11,15,17,21H,9-10,12-14,16H2,1-4H3,(H,28,29,30). The van der Waals surface area contributed by atoms with Crippen LogP contribution in [0, 0.1) is 5.92 Å². The van der Waals surface area contributed by atoms with Gasteiger partial charge in [0.15, 0.2) is 0 Å². The van der Waals surface area contributed by atoms with Crippen molar-refractivity contribution in [3.8, 4) is 0 Å². The normalized spacial score (nSPS) is 24.5. The van der Waals surface area contributed by atoms with Gasteiger partial charge in [-0.3, -0.25) is 14.2 Å². The van der Waals surface area contributed by atoms with E-state index in [-0.39, 0.29) is 22.6 Å². The van der Waals surface area contributed by atoms with Crippen LogP contribution in [0.3, 0.4) is 0 Å². The minimum Gasteiger partial charge on any atom is -0.370 e. The largest absolute Gasteiger partial charge is 0.370 e. The maximum Gasteiger partial charge on any atom is 0.265 e. The number of carbonyl (C=O) groups is 1. The molecular weight excluding hydrogens is 454 g/mol. The van der Waals surface area contributed by atoms with E-state index in [1.54, 1.807) is 30.9 Å². The van der Waals surface area contributed by atoms with Gasteiger partial charge < -0.3 is 20.0 Å². The molecule has 4 aliphatic rings. The Kier molecular flexibility index (Phi) is 5.29. The number of benzene rings is 1. The molecule has 2 bridgehead atoms. The summed E-state index contributed by atoms with van der Waals surface area (Å²) in [5, 5.41) is 4.01. The Balaban J connectivity index is 1.30. The highest BCUT2D eigenvalue weighted by atomic mass is 16.2. The van der Waals surface area contributed by atoms with Crippen molar-refractivity contribution >= 4 is 34.3 Å². The van der Waals surface area contributed by atoms with Crippen molar-refractivity contribution in [1.29, 1.82) is 0 Å². The average Bonchev–Trinajstić information content (AvgIpc) is 3.29. The van der Waals surface area contributed by atoms with E-state index in [1.165, 1.54) is 17.0 Å². The second-order valence-electron chi connectivity index (χ2n) is 11.1. The fourth-order valence-corrected chi connectivity index (χ4v) is 5.98. The second-order valence-corrected chi connectivity index (χ2v) is 11.1. The van der Waals surface area contributed by atoms with Gasteiger partial charge in [-0.1, -0.05) is 0 Å². The molecule has 3 aromatic rings. The van der Waals surface area contributed by atoms with Crippen molar-refractivity contribution in [2.45, 2.75) is 37.3 Å². The second kappa shape index (κ2) is 8.30. The van der Waals surface area contributed by atoms with Gasteiger partial charge in [0.2, 0.25) is 5.95 Å². The molecule has 188 valence electrons. The maximum atomic E-state index is 13.5. The smallest absolute Gasteiger partial charge is 0.265 e. The minimum absolute atomic E-state index is 0.176. The van der Waals surface area contributed by atoms with E-state index in [9.17, 15) is 9.59 Å². The molecule has 36 heavy (non-hydrogen) atoms. The predicted molar refractivity (Wildman–Crippen MR) is 141 cm³/mol.